The van der Waals surface area contributed by atoms with Crippen LogP contribution in [0.3, 0.4) is 0 Å². The van der Waals surface area contributed by atoms with Gasteiger partial charge >= 0.3 is 0 Å². The Kier molecular flexibility index (Phi) is 3.89. The van der Waals surface area contributed by atoms with Crippen LogP contribution in [0.1, 0.15) is 23.8 Å². The zero-order chi connectivity index (χ0) is 13.9. The first-order chi connectivity index (χ1) is 9.74. The minimum atomic E-state index is 0.185. The van der Waals surface area contributed by atoms with Crippen LogP contribution in [0.2, 0.25) is 0 Å². The van der Waals surface area contributed by atoms with E-state index in [1.807, 2.05) is 17.9 Å². The van der Waals surface area contributed by atoms with E-state index in [-0.39, 0.29) is 6.10 Å². The molecule has 0 radical (unpaired) electrons. The zero-order valence-corrected chi connectivity index (χ0v) is 12.1. The van der Waals surface area contributed by atoms with Crippen LogP contribution in [0.25, 0.3) is 0 Å². The molecule has 2 aromatic rings. The number of ether oxygens (including phenoxy) is 1. The van der Waals surface area contributed by atoms with Gasteiger partial charge in [0.1, 0.15) is 0 Å². The topological polar surface area (TPSA) is 44.0 Å². The van der Waals surface area contributed by atoms with Crippen molar-refractivity contribution in [2.75, 3.05) is 13.2 Å². The van der Waals surface area contributed by atoms with E-state index < -0.39 is 0 Å². The Hall–Kier alpha value is -1.59. The molecule has 2 atom stereocenters. The Morgan fingerprint density at radius 1 is 1.45 bits per heavy atom. The van der Waals surface area contributed by atoms with Crippen molar-refractivity contribution in [1.82, 2.24) is 19.7 Å². The van der Waals surface area contributed by atoms with Gasteiger partial charge in [-0.1, -0.05) is 0 Å². The minimum Gasteiger partial charge on any atom is -0.373 e. The zero-order valence-electron chi connectivity index (χ0n) is 12.1. The van der Waals surface area contributed by atoms with Gasteiger partial charge in [0.15, 0.2) is 0 Å². The molecule has 0 aromatic carbocycles. The number of hydrogen-bond donors (Lipinski definition) is 1. The summed E-state index contributed by atoms with van der Waals surface area (Å²) in [5, 5.41) is 7.79. The van der Waals surface area contributed by atoms with Gasteiger partial charge in [0.05, 0.1) is 12.3 Å². The molecule has 0 bridgehead atoms. The number of aromatic nitrogens is 3. The molecular formula is C15H22N4O. The fraction of sp³-hybridized carbons (Fsp3) is 0.533. The number of nitrogens with one attached hydrogen (secondary N) is 1. The van der Waals surface area contributed by atoms with Crippen LogP contribution in [-0.4, -0.2) is 27.5 Å². The predicted molar refractivity (Wildman–Crippen MR) is 77.1 cm³/mol. The average molecular weight is 274 g/mol. The van der Waals surface area contributed by atoms with Crippen LogP contribution in [0.15, 0.2) is 30.7 Å². The Morgan fingerprint density at radius 2 is 2.35 bits per heavy atom. The summed E-state index contributed by atoms with van der Waals surface area (Å²) in [6, 6.07) is 4.23. The average Bonchev–Trinajstić information content (AvgIpc) is 3.12. The Balaban J connectivity index is 1.55. The van der Waals surface area contributed by atoms with E-state index >= 15 is 0 Å². The van der Waals surface area contributed by atoms with Gasteiger partial charge in [0, 0.05) is 63.4 Å². The second-order valence-electron chi connectivity index (χ2n) is 5.53. The summed E-state index contributed by atoms with van der Waals surface area (Å²) in [5.74, 6) is 0.527. The number of hydrogen-bond acceptors (Lipinski definition) is 3. The highest BCUT2D eigenvalue weighted by molar-refractivity contribution is 5.11. The SMILES string of the molecule is Cn1cc([C@H]2OCC[C@H]2CNCc2cccn2C)cn1. The van der Waals surface area contributed by atoms with Crippen molar-refractivity contribution in [3.63, 3.8) is 0 Å². The van der Waals surface area contributed by atoms with E-state index in [0.717, 1.165) is 26.1 Å². The standard InChI is InChI=1S/C15H22N4O/c1-18-6-3-4-14(18)10-16-8-12-5-7-20-15(12)13-9-17-19(2)11-13/h3-4,6,9,11-12,15-16H,5,7-8,10H2,1-2H3/t12-,15-/m0/s1. The van der Waals surface area contributed by atoms with Crippen molar-refractivity contribution in [3.05, 3.63) is 42.0 Å². The van der Waals surface area contributed by atoms with Crippen LogP contribution in [-0.2, 0) is 25.4 Å². The molecular weight excluding hydrogens is 252 g/mol. The molecule has 1 N–H and O–H groups in total. The van der Waals surface area contributed by atoms with Gasteiger partial charge in [-0.25, -0.2) is 0 Å². The number of nitrogens with zero attached hydrogens (tertiary/aromatic N) is 3. The summed E-state index contributed by atoms with van der Waals surface area (Å²) in [6.07, 6.45) is 7.35. The molecule has 0 saturated carbocycles. The smallest absolute Gasteiger partial charge is 0.0896 e. The lowest BCUT2D eigenvalue weighted by Gasteiger charge is -2.18. The Morgan fingerprint density at radius 3 is 3.05 bits per heavy atom. The van der Waals surface area contributed by atoms with E-state index in [4.69, 9.17) is 4.74 Å². The third-order valence-corrected chi connectivity index (χ3v) is 4.03. The van der Waals surface area contributed by atoms with Crippen LogP contribution in [0.5, 0.6) is 0 Å². The van der Waals surface area contributed by atoms with Crippen molar-refractivity contribution in [1.29, 1.82) is 0 Å². The Bertz CT molecular complexity index is 560. The highest BCUT2D eigenvalue weighted by Gasteiger charge is 2.30. The summed E-state index contributed by atoms with van der Waals surface area (Å²) in [7, 11) is 4.02. The first-order valence-electron chi connectivity index (χ1n) is 7.15. The second-order valence-corrected chi connectivity index (χ2v) is 5.53. The molecule has 5 nitrogen and oxygen atoms in total. The van der Waals surface area contributed by atoms with Gasteiger partial charge in [0.2, 0.25) is 0 Å². The van der Waals surface area contributed by atoms with Gasteiger partial charge in [-0.05, 0) is 18.6 Å². The van der Waals surface area contributed by atoms with Gasteiger partial charge in [-0.2, -0.15) is 5.10 Å². The maximum atomic E-state index is 5.88. The molecule has 1 aliphatic heterocycles. The van der Waals surface area contributed by atoms with Crippen LogP contribution in [0.4, 0.5) is 0 Å². The summed E-state index contributed by atoms with van der Waals surface area (Å²) in [6.45, 7) is 2.72. The van der Waals surface area contributed by atoms with Gasteiger partial charge in [-0.15, -0.1) is 0 Å². The molecule has 108 valence electrons. The first-order valence-corrected chi connectivity index (χ1v) is 7.15. The van der Waals surface area contributed by atoms with Crippen LogP contribution < -0.4 is 5.32 Å². The normalized spacial score (nSPS) is 22.5. The lowest BCUT2D eigenvalue weighted by Crippen LogP contribution is -2.25. The predicted octanol–water partition coefficient (Wildman–Crippen LogP) is 1.63. The fourth-order valence-electron chi connectivity index (χ4n) is 2.86. The van der Waals surface area contributed by atoms with E-state index in [0.29, 0.717) is 5.92 Å². The Labute approximate surface area is 119 Å². The summed E-state index contributed by atoms with van der Waals surface area (Å²) >= 11 is 0. The lowest BCUT2D eigenvalue weighted by molar-refractivity contribution is 0.0903. The number of rotatable bonds is 5. The van der Waals surface area contributed by atoms with Crippen molar-refractivity contribution < 1.29 is 4.74 Å². The van der Waals surface area contributed by atoms with Crippen molar-refractivity contribution in [3.8, 4) is 0 Å². The van der Waals surface area contributed by atoms with Crippen molar-refractivity contribution in [2.24, 2.45) is 20.0 Å². The maximum absolute atomic E-state index is 5.88. The molecule has 0 unspecified atom stereocenters. The first kappa shape index (κ1) is 13.4. The van der Waals surface area contributed by atoms with Gasteiger partial charge < -0.3 is 14.6 Å². The largest absolute Gasteiger partial charge is 0.373 e. The maximum Gasteiger partial charge on any atom is 0.0896 e. The molecule has 3 rings (SSSR count). The van der Waals surface area contributed by atoms with E-state index in [1.54, 1.807) is 0 Å². The fourth-order valence-corrected chi connectivity index (χ4v) is 2.86. The summed E-state index contributed by atoms with van der Waals surface area (Å²) in [5.41, 5.74) is 2.50. The monoisotopic (exact) mass is 274 g/mol. The molecule has 1 aliphatic rings. The molecule has 0 spiro atoms. The molecule has 3 heterocycles. The third kappa shape index (κ3) is 2.78. The molecule has 2 aromatic heterocycles. The second kappa shape index (κ2) is 5.81. The van der Waals surface area contributed by atoms with Crippen molar-refractivity contribution in [2.45, 2.75) is 19.1 Å². The third-order valence-electron chi connectivity index (χ3n) is 4.03. The number of aryl methyl sites for hydroxylation is 2. The molecule has 1 fully saturated rings. The van der Waals surface area contributed by atoms with E-state index in [1.165, 1.54) is 11.3 Å². The van der Waals surface area contributed by atoms with Crippen LogP contribution >= 0.6 is 0 Å². The quantitative estimate of drug-likeness (QED) is 0.901. The minimum absolute atomic E-state index is 0.185. The molecule has 0 aliphatic carbocycles. The van der Waals surface area contributed by atoms with E-state index in [2.05, 4.69) is 46.6 Å². The van der Waals surface area contributed by atoms with Crippen molar-refractivity contribution >= 4 is 0 Å². The van der Waals surface area contributed by atoms with E-state index in [9.17, 15) is 0 Å². The molecule has 1 saturated heterocycles. The molecule has 0 amide bonds. The lowest BCUT2D eigenvalue weighted by atomic mass is 9.97. The highest BCUT2D eigenvalue weighted by Crippen LogP contribution is 2.33. The highest BCUT2D eigenvalue weighted by atomic mass is 16.5. The van der Waals surface area contributed by atoms with Gasteiger partial charge in [-0.3, -0.25) is 4.68 Å². The summed E-state index contributed by atoms with van der Waals surface area (Å²) < 4.78 is 9.87. The molecule has 5 heteroatoms. The summed E-state index contributed by atoms with van der Waals surface area (Å²) in [4.78, 5) is 0. The molecule has 20 heavy (non-hydrogen) atoms. The van der Waals surface area contributed by atoms with Crippen LogP contribution in [0, 0.1) is 5.92 Å². The van der Waals surface area contributed by atoms with Gasteiger partial charge in [0.25, 0.3) is 0 Å².